The van der Waals surface area contributed by atoms with E-state index in [4.69, 9.17) is 4.42 Å². The number of benzene rings is 1. The van der Waals surface area contributed by atoms with E-state index in [0.717, 1.165) is 12.0 Å². The van der Waals surface area contributed by atoms with Crippen molar-refractivity contribution >= 4 is 17.7 Å². The topological polar surface area (TPSA) is 100 Å². The first kappa shape index (κ1) is 18.3. The van der Waals surface area contributed by atoms with E-state index in [9.17, 15) is 14.4 Å². The van der Waals surface area contributed by atoms with E-state index >= 15 is 0 Å². The van der Waals surface area contributed by atoms with Gasteiger partial charge < -0.3 is 9.73 Å². The average molecular weight is 343 g/mol. The van der Waals surface area contributed by atoms with Crippen molar-refractivity contribution in [2.45, 2.75) is 32.2 Å². The van der Waals surface area contributed by atoms with Crippen molar-refractivity contribution in [3.8, 4) is 0 Å². The van der Waals surface area contributed by atoms with Gasteiger partial charge in [0.25, 0.3) is 0 Å². The number of carbonyl (C=O) groups excluding carboxylic acids is 3. The second kappa shape index (κ2) is 9.27. The fourth-order valence-electron chi connectivity index (χ4n) is 2.35. The van der Waals surface area contributed by atoms with Gasteiger partial charge in [-0.25, -0.2) is 0 Å². The lowest BCUT2D eigenvalue weighted by molar-refractivity contribution is -0.141. The van der Waals surface area contributed by atoms with Crippen molar-refractivity contribution in [1.82, 2.24) is 16.2 Å². The molecule has 0 radical (unpaired) electrons. The number of hydrogen-bond acceptors (Lipinski definition) is 4. The van der Waals surface area contributed by atoms with Crippen LogP contribution in [-0.2, 0) is 20.9 Å². The minimum Gasteiger partial charge on any atom is -0.467 e. The molecule has 3 N–H and O–H groups in total. The van der Waals surface area contributed by atoms with Gasteiger partial charge in [0.1, 0.15) is 5.76 Å². The Morgan fingerprint density at radius 2 is 1.76 bits per heavy atom. The Hall–Kier alpha value is -3.09. The van der Waals surface area contributed by atoms with Crippen LogP contribution in [0.2, 0.25) is 0 Å². The van der Waals surface area contributed by atoms with Gasteiger partial charge in [-0.2, -0.15) is 0 Å². The standard InChI is InChI=1S/C18H21N3O4/c1-2-7-15(13-8-4-3-5-9-13)16(22)20-21-18(24)17(23)19-12-14-10-6-11-25-14/h3-6,8-11,15H,2,7,12H2,1H3,(H,19,23)(H,20,22)(H,21,24)/t15-/m1/s1. The van der Waals surface area contributed by atoms with E-state index in [1.165, 1.54) is 6.26 Å². The van der Waals surface area contributed by atoms with E-state index in [0.29, 0.717) is 12.2 Å². The van der Waals surface area contributed by atoms with Gasteiger partial charge in [-0.3, -0.25) is 25.2 Å². The van der Waals surface area contributed by atoms with Gasteiger partial charge in [0.2, 0.25) is 5.91 Å². The van der Waals surface area contributed by atoms with Gasteiger partial charge in [0.15, 0.2) is 0 Å². The highest BCUT2D eigenvalue weighted by molar-refractivity contribution is 6.35. The Kier molecular flexibility index (Phi) is 6.76. The second-order valence-electron chi connectivity index (χ2n) is 5.46. The van der Waals surface area contributed by atoms with E-state index in [1.54, 1.807) is 12.1 Å². The maximum atomic E-state index is 12.3. The maximum absolute atomic E-state index is 12.3. The molecule has 1 aromatic heterocycles. The lowest BCUT2D eigenvalue weighted by Crippen LogP contribution is -2.49. The molecule has 7 nitrogen and oxygen atoms in total. The van der Waals surface area contributed by atoms with Crippen molar-refractivity contribution < 1.29 is 18.8 Å². The molecule has 0 saturated heterocycles. The van der Waals surface area contributed by atoms with Crippen LogP contribution in [0.1, 0.15) is 37.0 Å². The van der Waals surface area contributed by atoms with Crippen LogP contribution in [0.15, 0.2) is 53.1 Å². The van der Waals surface area contributed by atoms with Gasteiger partial charge in [0, 0.05) is 0 Å². The summed E-state index contributed by atoms with van der Waals surface area (Å²) in [4.78, 5) is 35.8. The summed E-state index contributed by atoms with van der Waals surface area (Å²) >= 11 is 0. The molecule has 0 aliphatic carbocycles. The van der Waals surface area contributed by atoms with Crippen molar-refractivity contribution in [3.05, 3.63) is 60.1 Å². The zero-order valence-electron chi connectivity index (χ0n) is 14.0. The van der Waals surface area contributed by atoms with Crippen LogP contribution in [0.3, 0.4) is 0 Å². The van der Waals surface area contributed by atoms with Crippen LogP contribution in [0.25, 0.3) is 0 Å². The molecule has 0 unspecified atom stereocenters. The molecule has 132 valence electrons. The number of nitrogens with one attached hydrogen (secondary N) is 3. The lowest BCUT2D eigenvalue weighted by Gasteiger charge is -2.16. The predicted molar refractivity (Wildman–Crippen MR) is 90.9 cm³/mol. The molecule has 0 bridgehead atoms. The summed E-state index contributed by atoms with van der Waals surface area (Å²) in [5.41, 5.74) is 5.32. The quantitative estimate of drug-likeness (QED) is 0.548. The van der Waals surface area contributed by atoms with Gasteiger partial charge in [-0.1, -0.05) is 43.7 Å². The van der Waals surface area contributed by atoms with Gasteiger partial charge >= 0.3 is 11.8 Å². The molecular weight excluding hydrogens is 322 g/mol. The van der Waals surface area contributed by atoms with Crippen LogP contribution in [0, 0.1) is 0 Å². The van der Waals surface area contributed by atoms with Gasteiger partial charge in [-0.15, -0.1) is 0 Å². The van der Waals surface area contributed by atoms with E-state index < -0.39 is 17.7 Å². The molecule has 2 aromatic rings. The van der Waals surface area contributed by atoms with Crippen LogP contribution in [-0.4, -0.2) is 17.7 Å². The Morgan fingerprint density at radius 1 is 1.00 bits per heavy atom. The molecule has 25 heavy (non-hydrogen) atoms. The molecule has 0 aliphatic rings. The van der Waals surface area contributed by atoms with Crippen molar-refractivity contribution in [1.29, 1.82) is 0 Å². The number of rotatable bonds is 6. The minimum absolute atomic E-state index is 0.0929. The van der Waals surface area contributed by atoms with Crippen LogP contribution < -0.4 is 16.2 Å². The highest BCUT2D eigenvalue weighted by Crippen LogP contribution is 2.20. The SMILES string of the molecule is CCC[C@@H](C(=O)NNC(=O)C(=O)NCc1ccco1)c1ccccc1. The van der Waals surface area contributed by atoms with Crippen LogP contribution in [0.4, 0.5) is 0 Å². The molecule has 1 heterocycles. The van der Waals surface area contributed by atoms with Crippen LogP contribution >= 0.6 is 0 Å². The molecule has 3 amide bonds. The molecule has 0 fully saturated rings. The molecule has 0 saturated carbocycles. The molecule has 7 heteroatoms. The number of carbonyl (C=O) groups is 3. The molecular formula is C18H21N3O4. The normalized spacial score (nSPS) is 11.4. The third kappa shape index (κ3) is 5.49. The van der Waals surface area contributed by atoms with Crippen molar-refractivity contribution in [2.75, 3.05) is 0 Å². The number of furan rings is 1. The van der Waals surface area contributed by atoms with Gasteiger partial charge in [0.05, 0.1) is 18.7 Å². The smallest absolute Gasteiger partial charge is 0.327 e. The summed E-state index contributed by atoms with van der Waals surface area (Å²) in [7, 11) is 0. The molecule has 0 aliphatic heterocycles. The average Bonchev–Trinajstić information content (AvgIpc) is 3.16. The first-order chi connectivity index (χ1) is 12.1. The molecule has 0 spiro atoms. The maximum Gasteiger partial charge on any atom is 0.327 e. The highest BCUT2D eigenvalue weighted by Gasteiger charge is 2.21. The van der Waals surface area contributed by atoms with Crippen molar-refractivity contribution in [2.24, 2.45) is 0 Å². The summed E-state index contributed by atoms with van der Waals surface area (Å²) in [6.45, 7) is 2.07. The fourth-order valence-corrected chi connectivity index (χ4v) is 2.35. The predicted octanol–water partition coefficient (Wildman–Crippen LogP) is 1.63. The first-order valence-corrected chi connectivity index (χ1v) is 8.07. The van der Waals surface area contributed by atoms with Gasteiger partial charge in [-0.05, 0) is 24.1 Å². The monoisotopic (exact) mass is 343 g/mol. The largest absolute Gasteiger partial charge is 0.467 e. The van der Waals surface area contributed by atoms with Crippen molar-refractivity contribution in [3.63, 3.8) is 0 Å². The molecule has 2 rings (SSSR count). The van der Waals surface area contributed by atoms with E-state index in [1.807, 2.05) is 37.3 Å². The molecule has 1 aromatic carbocycles. The summed E-state index contributed by atoms with van der Waals surface area (Å²) in [6.07, 6.45) is 2.92. The Labute approximate surface area is 145 Å². The zero-order chi connectivity index (χ0) is 18.1. The fraction of sp³-hybridized carbons (Fsp3) is 0.278. The highest BCUT2D eigenvalue weighted by atomic mass is 16.3. The Morgan fingerprint density at radius 3 is 2.40 bits per heavy atom. The number of hydrazine groups is 1. The summed E-state index contributed by atoms with van der Waals surface area (Å²) in [5, 5.41) is 2.40. The van der Waals surface area contributed by atoms with Crippen LogP contribution in [0.5, 0.6) is 0 Å². The third-order valence-corrected chi connectivity index (χ3v) is 3.60. The summed E-state index contributed by atoms with van der Waals surface area (Å²) < 4.78 is 5.05. The second-order valence-corrected chi connectivity index (χ2v) is 5.46. The number of hydrogen-bond donors (Lipinski definition) is 3. The summed E-state index contributed by atoms with van der Waals surface area (Å²) in [6, 6.07) is 12.7. The number of amides is 3. The van der Waals surface area contributed by atoms with E-state index in [-0.39, 0.29) is 12.5 Å². The third-order valence-electron chi connectivity index (χ3n) is 3.60. The minimum atomic E-state index is -0.941. The zero-order valence-corrected chi connectivity index (χ0v) is 14.0. The Balaban J connectivity index is 1.84. The lowest BCUT2D eigenvalue weighted by atomic mass is 9.94. The molecule has 1 atom stereocenters. The van der Waals surface area contributed by atoms with E-state index in [2.05, 4.69) is 16.2 Å². The Bertz CT molecular complexity index is 698. The first-order valence-electron chi connectivity index (χ1n) is 8.07. The summed E-state index contributed by atoms with van der Waals surface area (Å²) in [5.74, 6) is -2.03.